The smallest absolute Gasteiger partial charge is 0.392 e. The molecule has 2 unspecified atom stereocenters. The second kappa shape index (κ2) is 5.79. The van der Waals surface area contributed by atoms with Gasteiger partial charge in [-0.2, -0.15) is 13.2 Å². The maximum atomic E-state index is 12.8. The predicted octanol–water partition coefficient (Wildman–Crippen LogP) is 3.48. The Balaban J connectivity index is 3.20. The summed E-state index contributed by atoms with van der Waals surface area (Å²) in [6, 6.07) is 2.59. The molecule has 1 aromatic carbocycles. The molecule has 19 heavy (non-hydrogen) atoms. The van der Waals surface area contributed by atoms with Gasteiger partial charge in [0.1, 0.15) is 0 Å². The summed E-state index contributed by atoms with van der Waals surface area (Å²) < 4.78 is 38.5. The normalized spacial score (nSPS) is 15.1. The third kappa shape index (κ3) is 4.10. The van der Waals surface area contributed by atoms with Gasteiger partial charge in [0.2, 0.25) is 0 Å². The largest absolute Gasteiger partial charge is 0.417 e. The highest BCUT2D eigenvalue weighted by molar-refractivity contribution is 8.00. The van der Waals surface area contributed by atoms with Crippen molar-refractivity contribution in [1.82, 2.24) is 0 Å². The summed E-state index contributed by atoms with van der Waals surface area (Å²) in [4.78, 5) is 9.51. The van der Waals surface area contributed by atoms with Crippen LogP contribution in [0, 0.1) is 10.1 Å². The van der Waals surface area contributed by atoms with E-state index < -0.39 is 33.7 Å². The third-order valence-corrected chi connectivity index (χ3v) is 3.85. The number of nitrogens with zero attached hydrogens (tertiary/aromatic N) is 1. The maximum Gasteiger partial charge on any atom is 0.417 e. The lowest BCUT2D eigenvalue weighted by Crippen LogP contribution is -2.16. The molecular formula is C11H12F3NO3S. The topological polar surface area (TPSA) is 63.4 Å². The van der Waals surface area contributed by atoms with Crippen molar-refractivity contribution in [2.75, 3.05) is 0 Å². The number of aliphatic hydroxyl groups excluding tert-OH is 1. The molecule has 0 spiro atoms. The molecule has 4 nitrogen and oxygen atoms in total. The molecule has 0 amide bonds. The second-order valence-electron chi connectivity index (χ2n) is 4.00. The van der Waals surface area contributed by atoms with Crippen molar-refractivity contribution in [3.05, 3.63) is 33.9 Å². The van der Waals surface area contributed by atoms with Crippen molar-refractivity contribution >= 4 is 17.4 Å². The van der Waals surface area contributed by atoms with Crippen molar-refractivity contribution in [3.63, 3.8) is 0 Å². The summed E-state index contributed by atoms with van der Waals surface area (Å²) in [5.41, 5.74) is -1.67. The number of aliphatic hydroxyl groups is 1. The van der Waals surface area contributed by atoms with E-state index in [0.29, 0.717) is 6.07 Å². The van der Waals surface area contributed by atoms with E-state index in [-0.39, 0.29) is 4.90 Å². The summed E-state index contributed by atoms with van der Waals surface area (Å²) in [5.74, 6) is 0. The molecule has 0 saturated heterocycles. The molecule has 1 N–H and O–H groups in total. The van der Waals surface area contributed by atoms with Crippen LogP contribution in [0.1, 0.15) is 19.4 Å². The molecular weight excluding hydrogens is 283 g/mol. The van der Waals surface area contributed by atoms with E-state index in [0.717, 1.165) is 23.9 Å². The van der Waals surface area contributed by atoms with E-state index in [4.69, 9.17) is 0 Å². The summed E-state index contributed by atoms with van der Waals surface area (Å²) in [6.07, 6.45) is -5.46. The molecule has 0 aliphatic rings. The molecule has 0 aromatic heterocycles. The Kier molecular flexibility index (Phi) is 4.81. The minimum absolute atomic E-state index is 0.133. The number of nitro benzene ring substituents is 1. The fraction of sp³-hybridized carbons (Fsp3) is 0.455. The summed E-state index contributed by atoms with van der Waals surface area (Å²) in [5, 5.41) is 19.4. The fourth-order valence-electron chi connectivity index (χ4n) is 1.25. The lowest BCUT2D eigenvalue weighted by molar-refractivity contribution is -0.385. The van der Waals surface area contributed by atoms with E-state index in [2.05, 4.69) is 0 Å². The lowest BCUT2D eigenvalue weighted by Gasteiger charge is -2.17. The Hall–Kier alpha value is -1.28. The first-order chi connectivity index (χ1) is 8.62. The Morgan fingerprint density at radius 1 is 1.37 bits per heavy atom. The minimum atomic E-state index is -4.67. The number of non-ortho nitro benzene ring substituents is 1. The van der Waals surface area contributed by atoms with Crippen molar-refractivity contribution in [1.29, 1.82) is 0 Å². The molecule has 1 rings (SSSR count). The van der Waals surface area contributed by atoms with Gasteiger partial charge in [-0.25, -0.2) is 0 Å². The van der Waals surface area contributed by atoms with Gasteiger partial charge in [-0.1, -0.05) is 6.92 Å². The highest BCUT2D eigenvalue weighted by atomic mass is 32.2. The Morgan fingerprint density at radius 3 is 2.37 bits per heavy atom. The number of benzene rings is 1. The molecule has 0 bridgehead atoms. The average Bonchev–Trinajstić information content (AvgIpc) is 2.27. The van der Waals surface area contributed by atoms with Crippen molar-refractivity contribution in [2.45, 2.75) is 36.3 Å². The number of nitro groups is 1. The van der Waals surface area contributed by atoms with Crippen LogP contribution < -0.4 is 0 Å². The van der Waals surface area contributed by atoms with Gasteiger partial charge < -0.3 is 5.11 Å². The van der Waals surface area contributed by atoms with Gasteiger partial charge in [0, 0.05) is 22.3 Å². The SMILES string of the molecule is CC(O)C(C)Sc1ccc([N+](=O)[O-])cc1C(F)(F)F. The third-order valence-electron chi connectivity index (χ3n) is 2.47. The Morgan fingerprint density at radius 2 is 1.95 bits per heavy atom. The molecule has 0 aliphatic heterocycles. The van der Waals surface area contributed by atoms with Gasteiger partial charge in [-0.05, 0) is 13.0 Å². The van der Waals surface area contributed by atoms with Crippen LogP contribution in [-0.4, -0.2) is 21.4 Å². The molecule has 0 fully saturated rings. The van der Waals surface area contributed by atoms with Gasteiger partial charge in [-0.3, -0.25) is 10.1 Å². The van der Waals surface area contributed by atoms with Crippen LogP contribution in [0.2, 0.25) is 0 Å². The Bertz CT molecular complexity index is 477. The number of thioether (sulfide) groups is 1. The maximum absolute atomic E-state index is 12.8. The van der Waals surface area contributed by atoms with Crippen LogP contribution in [0.4, 0.5) is 18.9 Å². The van der Waals surface area contributed by atoms with Crippen molar-refractivity contribution in [3.8, 4) is 0 Å². The van der Waals surface area contributed by atoms with Gasteiger partial charge in [0.15, 0.2) is 0 Å². The van der Waals surface area contributed by atoms with E-state index >= 15 is 0 Å². The summed E-state index contributed by atoms with van der Waals surface area (Å²) in [7, 11) is 0. The van der Waals surface area contributed by atoms with E-state index in [1.807, 2.05) is 0 Å². The van der Waals surface area contributed by atoms with Gasteiger partial charge in [0.05, 0.1) is 16.6 Å². The van der Waals surface area contributed by atoms with E-state index in [1.54, 1.807) is 6.92 Å². The summed E-state index contributed by atoms with van der Waals surface area (Å²) >= 11 is 0.833. The van der Waals surface area contributed by atoms with E-state index in [9.17, 15) is 28.4 Å². The van der Waals surface area contributed by atoms with Gasteiger partial charge in [-0.15, -0.1) is 11.8 Å². The average molecular weight is 295 g/mol. The standard InChI is InChI=1S/C11H12F3NO3S/c1-6(16)7(2)19-10-4-3-8(15(17)18)5-9(10)11(12,13)14/h3-7,16H,1-2H3. The fourth-order valence-corrected chi connectivity index (χ4v) is 2.30. The number of halogens is 3. The highest BCUT2D eigenvalue weighted by Gasteiger charge is 2.35. The molecule has 106 valence electrons. The van der Waals surface area contributed by atoms with E-state index in [1.165, 1.54) is 6.92 Å². The van der Waals surface area contributed by atoms with Crippen LogP contribution in [-0.2, 0) is 6.18 Å². The van der Waals surface area contributed by atoms with Crippen molar-refractivity contribution in [2.24, 2.45) is 0 Å². The molecule has 0 saturated carbocycles. The molecule has 0 radical (unpaired) electrons. The number of rotatable bonds is 4. The molecule has 0 heterocycles. The quantitative estimate of drug-likeness (QED) is 0.525. The predicted molar refractivity (Wildman–Crippen MR) is 65.1 cm³/mol. The zero-order chi connectivity index (χ0) is 14.8. The zero-order valence-corrected chi connectivity index (χ0v) is 11.0. The first kappa shape index (κ1) is 15.8. The molecule has 8 heteroatoms. The van der Waals surface area contributed by atoms with Gasteiger partial charge in [0.25, 0.3) is 5.69 Å². The monoisotopic (exact) mass is 295 g/mol. The minimum Gasteiger partial charge on any atom is -0.392 e. The van der Waals surface area contributed by atoms with Gasteiger partial charge >= 0.3 is 6.18 Å². The zero-order valence-electron chi connectivity index (χ0n) is 10.1. The number of alkyl halides is 3. The number of hydrogen-bond acceptors (Lipinski definition) is 4. The molecule has 0 aliphatic carbocycles. The van der Waals surface area contributed by atoms with Crippen molar-refractivity contribution < 1.29 is 23.2 Å². The number of hydrogen-bond donors (Lipinski definition) is 1. The molecule has 1 aromatic rings. The summed E-state index contributed by atoms with van der Waals surface area (Å²) in [6.45, 7) is 3.05. The first-order valence-electron chi connectivity index (χ1n) is 5.33. The van der Waals surface area contributed by atoms with Crippen LogP contribution in [0.3, 0.4) is 0 Å². The molecule has 2 atom stereocenters. The van der Waals surface area contributed by atoms with Crippen LogP contribution >= 0.6 is 11.8 Å². The lowest BCUT2D eigenvalue weighted by atomic mass is 10.2. The first-order valence-corrected chi connectivity index (χ1v) is 6.21. The highest BCUT2D eigenvalue weighted by Crippen LogP contribution is 2.40. The van der Waals surface area contributed by atoms with Crippen LogP contribution in [0.15, 0.2) is 23.1 Å². The Labute approximate surface area is 111 Å². The van der Waals surface area contributed by atoms with Crippen LogP contribution in [0.5, 0.6) is 0 Å². The van der Waals surface area contributed by atoms with Crippen LogP contribution in [0.25, 0.3) is 0 Å². The second-order valence-corrected chi connectivity index (χ2v) is 5.42.